The molecule has 3 aliphatic heterocycles. The summed E-state index contributed by atoms with van der Waals surface area (Å²) < 4.78 is 0. The number of nitrogens with zero attached hydrogens (tertiary/aromatic N) is 5. The van der Waals surface area contributed by atoms with Crippen molar-refractivity contribution in [2.75, 3.05) is 46.0 Å². The Morgan fingerprint density at radius 1 is 1.18 bits per heavy atom. The Labute approximate surface area is 136 Å². The number of hydrazine groups is 1. The monoisotopic (exact) mass is 320 g/mol. The molecule has 0 bridgehead atoms. The Kier molecular flexibility index (Phi) is 3.88. The van der Waals surface area contributed by atoms with Crippen LogP contribution in [-0.2, 0) is 0 Å². The van der Waals surface area contributed by atoms with E-state index < -0.39 is 0 Å². The standard InChI is InChI=1S/C15H24N6S/c1-19-6-8-20(9-7-19)12-5-3-4-11-10-21-14(16-13(11)12)17-15(18-21)22-2/h12H,3-10H2,1-2H3,(H,16,17,18). The largest absolute Gasteiger partial charge is 0.304 e. The number of rotatable bonds is 1. The zero-order chi connectivity index (χ0) is 15.1. The number of hydrogen-bond donors (Lipinski definition) is 1. The van der Waals surface area contributed by atoms with E-state index in [1.54, 1.807) is 11.8 Å². The average Bonchev–Trinajstić information content (AvgIpc) is 2.95. The van der Waals surface area contributed by atoms with Crippen molar-refractivity contribution in [3.8, 4) is 0 Å². The first kappa shape index (κ1) is 14.5. The van der Waals surface area contributed by atoms with Gasteiger partial charge in [0.15, 0.2) is 5.17 Å². The first-order chi connectivity index (χ1) is 10.7. The Morgan fingerprint density at radius 3 is 2.77 bits per heavy atom. The lowest BCUT2D eigenvalue weighted by Gasteiger charge is -2.41. The molecule has 1 atom stereocenters. The third kappa shape index (κ3) is 2.55. The molecule has 0 aromatic rings. The topological polar surface area (TPSA) is 46.5 Å². The Bertz CT molecular complexity index is 546. The van der Waals surface area contributed by atoms with Crippen LogP contribution in [0.1, 0.15) is 19.3 Å². The van der Waals surface area contributed by atoms with Crippen LogP contribution in [0.3, 0.4) is 0 Å². The molecule has 3 heterocycles. The molecule has 22 heavy (non-hydrogen) atoms. The van der Waals surface area contributed by atoms with Crippen LogP contribution in [0.4, 0.5) is 0 Å². The number of hydrogen-bond acceptors (Lipinski definition) is 7. The molecule has 0 radical (unpaired) electrons. The first-order valence-corrected chi connectivity index (χ1v) is 9.37. The van der Waals surface area contributed by atoms with E-state index in [1.807, 2.05) is 6.26 Å². The van der Waals surface area contributed by atoms with Crippen LogP contribution in [0.25, 0.3) is 0 Å². The zero-order valence-electron chi connectivity index (χ0n) is 13.4. The molecule has 4 aliphatic rings. The van der Waals surface area contributed by atoms with Gasteiger partial charge in [0, 0.05) is 26.2 Å². The molecule has 1 saturated heterocycles. The summed E-state index contributed by atoms with van der Waals surface area (Å²) in [7, 11) is 2.21. The van der Waals surface area contributed by atoms with Crippen LogP contribution >= 0.6 is 11.8 Å². The first-order valence-electron chi connectivity index (χ1n) is 8.14. The molecule has 0 spiro atoms. The lowest BCUT2D eigenvalue weighted by Crippen LogP contribution is -2.51. The summed E-state index contributed by atoms with van der Waals surface area (Å²) in [5.74, 6) is 0.851. The maximum atomic E-state index is 4.94. The fourth-order valence-electron chi connectivity index (χ4n) is 3.74. The van der Waals surface area contributed by atoms with Gasteiger partial charge in [-0.15, -0.1) is 0 Å². The van der Waals surface area contributed by atoms with E-state index in [4.69, 9.17) is 4.99 Å². The van der Waals surface area contributed by atoms with Crippen molar-refractivity contribution in [1.29, 1.82) is 0 Å². The molecule has 4 rings (SSSR count). The molecule has 1 unspecified atom stereocenters. The summed E-state index contributed by atoms with van der Waals surface area (Å²) in [5.41, 5.74) is 6.16. The highest BCUT2D eigenvalue weighted by atomic mass is 32.2. The summed E-state index contributed by atoms with van der Waals surface area (Å²) in [6.45, 7) is 5.58. The summed E-state index contributed by atoms with van der Waals surface area (Å²) in [6, 6.07) is 0.501. The minimum absolute atomic E-state index is 0.501. The fourth-order valence-corrected chi connectivity index (χ4v) is 4.11. The van der Waals surface area contributed by atoms with Crippen LogP contribution < -0.4 is 5.43 Å². The Morgan fingerprint density at radius 2 is 2.00 bits per heavy atom. The third-order valence-electron chi connectivity index (χ3n) is 5.05. The van der Waals surface area contributed by atoms with Gasteiger partial charge in [-0.3, -0.25) is 10.3 Å². The molecular weight excluding hydrogens is 296 g/mol. The molecular formula is C15H24N6S. The molecule has 1 fully saturated rings. The maximum Gasteiger partial charge on any atom is 0.247 e. The van der Waals surface area contributed by atoms with E-state index in [9.17, 15) is 0 Å². The number of nitrogens with one attached hydrogen (secondary N) is 1. The van der Waals surface area contributed by atoms with E-state index >= 15 is 0 Å². The van der Waals surface area contributed by atoms with Crippen LogP contribution in [-0.4, -0.2) is 78.0 Å². The van der Waals surface area contributed by atoms with E-state index in [1.165, 1.54) is 30.5 Å². The second-order valence-electron chi connectivity index (χ2n) is 6.47. The SMILES string of the molecule is CSC1=NC2=NC3=C(CCCC3N3CCN(C)CC3)CN2N1. The highest BCUT2D eigenvalue weighted by Crippen LogP contribution is 2.34. The van der Waals surface area contributed by atoms with Crippen LogP contribution in [0.15, 0.2) is 21.3 Å². The van der Waals surface area contributed by atoms with Gasteiger partial charge in [0.25, 0.3) is 0 Å². The van der Waals surface area contributed by atoms with E-state index in [0.29, 0.717) is 6.04 Å². The van der Waals surface area contributed by atoms with Crippen molar-refractivity contribution in [2.24, 2.45) is 9.98 Å². The van der Waals surface area contributed by atoms with Gasteiger partial charge in [0.2, 0.25) is 5.96 Å². The lowest BCUT2D eigenvalue weighted by atomic mass is 9.90. The molecule has 0 saturated carbocycles. The number of aliphatic imine (C=N–C) groups is 2. The van der Waals surface area contributed by atoms with Gasteiger partial charge in [0.05, 0.1) is 18.3 Å². The lowest BCUT2D eigenvalue weighted by molar-refractivity contribution is 0.115. The van der Waals surface area contributed by atoms with Crippen molar-refractivity contribution >= 4 is 22.9 Å². The number of likely N-dealkylation sites (N-methyl/N-ethyl adjacent to an activating group) is 1. The Hall–Kier alpha value is -1.05. The van der Waals surface area contributed by atoms with Crippen molar-refractivity contribution in [2.45, 2.75) is 25.3 Å². The minimum Gasteiger partial charge on any atom is -0.304 e. The van der Waals surface area contributed by atoms with Crippen molar-refractivity contribution in [1.82, 2.24) is 20.2 Å². The van der Waals surface area contributed by atoms with Gasteiger partial charge in [-0.2, -0.15) is 4.99 Å². The van der Waals surface area contributed by atoms with Crippen LogP contribution in [0.5, 0.6) is 0 Å². The molecule has 1 aliphatic carbocycles. The molecule has 6 nitrogen and oxygen atoms in total. The van der Waals surface area contributed by atoms with Gasteiger partial charge in [-0.05, 0) is 38.1 Å². The minimum atomic E-state index is 0.501. The normalized spacial score (nSPS) is 29.7. The van der Waals surface area contributed by atoms with Gasteiger partial charge in [0.1, 0.15) is 0 Å². The smallest absolute Gasteiger partial charge is 0.247 e. The average molecular weight is 320 g/mol. The van der Waals surface area contributed by atoms with Crippen LogP contribution in [0, 0.1) is 0 Å². The molecule has 0 aromatic heterocycles. The number of piperazine rings is 1. The van der Waals surface area contributed by atoms with Gasteiger partial charge < -0.3 is 4.90 Å². The highest BCUT2D eigenvalue weighted by molar-refractivity contribution is 8.13. The van der Waals surface area contributed by atoms with Crippen molar-refractivity contribution in [3.05, 3.63) is 11.3 Å². The van der Waals surface area contributed by atoms with Gasteiger partial charge >= 0.3 is 0 Å². The van der Waals surface area contributed by atoms with Crippen molar-refractivity contribution in [3.63, 3.8) is 0 Å². The maximum absolute atomic E-state index is 4.94. The third-order valence-corrected chi connectivity index (χ3v) is 5.62. The van der Waals surface area contributed by atoms with Crippen molar-refractivity contribution < 1.29 is 0 Å². The highest BCUT2D eigenvalue weighted by Gasteiger charge is 2.35. The molecule has 0 aromatic carbocycles. The summed E-state index contributed by atoms with van der Waals surface area (Å²) in [5, 5.41) is 3.05. The molecule has 120 valence electrons. The van der Waals surface area contributed by atoms with E-state index in [-0.39, 0.29) is 0 Å². The quantitative estimate of drug-likeness (QED) is 0.779. The predicted octanol–water partition coefficient (Wildman–Crippen LogP) is 0.949. The summed E-state index contributed by atoms with van der Waals surface area (Å²) >= 11 is 1.64. The summed E-state index contributed by atoms with van der Waals surface area (Å²) in [6.07, 6.45) is 5.75. The number of guanidine groups is 1. The second kappa shape index (κ2) is 5.86. The zero-order valence-corrected chi connectivity index (χ0v) is 14.2. The van der Waals surface area contributed by atoms with E-state index in [2.05, 4.69) is 32.3 Å². The molecule has 7 heteroatoms. The molecule has 1 N–H and O–H groups in total. The van der Waals surface area contributed by atoms with Gasteiger partial charge in [-0.25, -0.2) is 10.0 Å². The number of thioether (sulfide) groups is 1. The number of fused-ring (bicyclic) bond motifs is 1. The Balaban J connectivity index is 1.58. The second-order valence-corrected chi connectivity index (χ2v) is 7.26. The fraction of sp³-hybridized carbons (Fsp3) is 0.733. The van der Waals surface area contributed by atoms with Crippen LogP contribution in [0.2, 0.25) is 0 Å². The summed E-state index contributed by atoms with van der Waals surface area (Å²) in [4.78, 5) is 14.6. The number of amidine groups is 1. The van der Waals surface area contributed by atoms with Gasteiger partial charge in [-0.1, -0.05) is 11.8 Å². The molecule has 0 amide bonds. The predicted molar refractivity (Wildman–Crippen MR) is 92.0 cm³/mol. The van der Waals surface area contributed by atoms with E-state index in [0.717, 1.165) is 43.9 Å².